The molecular weight excluding hydrogens is 302 g/mol. The minimum atomic E-state index is -0.632. The predicted molar refractivity (Wildman–Crippen MR) is 93.4 cm³/mol. The smallest absolute Gasteiger partial charge is 0.226 e. The molecule has 0 spiro atoms. The van der Waals surface area contributed by atoms with Crippen molar-refractivity contribution in [3.63, 3.8) is 0 Å². The van der Waals surface area contributed by atoms with Crippen LogP contribution in [0.1, 0.15) is 77.0 Å². The van der Waals surface area contributed by atoms with Crippen molar-refractivity contribution in [2.24, 2.45) is 11.8 Å². The van der Waals surface area contributed by atoms with E-state index in [2.05, 4.69) is 4.90 Å². The number of aliphatic hydroxyl groups is 1. The maximum absolute atomic E-state index is 13.2. The maximum Gasteiger partial charge on any atom is 0.226 e. The number of rotatable bonds is 3. The van der Waals surface area contributed by atoms with Crippen LogP contribution in [0.4, 0.5) is 0 Å². The molecule has 0 aromatic carbocycles. The largest absolute Gasteiger partial charge is 0.467 e. The van der Waals surface area contributed by atoms with Crippen LogP contribution in [0, 0.1) is 11.8 Å². The molecule has 1 saturated heterocycles. The first kappa shape index (κ1) is 17.5. The quantitative estimate of drug-likeness (QED) is 0.897. The van der Waals surface area contributed by atoms with Crippen LogP contribution in [0.15, 0.2) is 22.8 Å². The zero-order valence-electron chi connectivity index (χ0n) is 15.0. The molecule has 1 saturated carbocycles. The Hall–Kier alpha value is -1.29. The van der Waals surface area contributed by atoms with Gasteiger partial charge in [-0.3, -0.25) is 4.79 Å². The summed E-state index contributed by atoms with van der Waals surface area (Å²) in [5, 5.41) is 10.2. The van der Waals surface area contributed by atoms with Gasteiger partial charge in [-0.05, 0) is 70.4 Å². The summed E-state index contributed by atoms with van der Waals surface area (Å²) < 4.78 is 5.63. The predicted octanol–water partition coefficient (Wildman–Crippen LogP) is 4.30. The second-order valence-corrected chi connectivity index (χ2v) is 8.11. The lowest BCUT2D eigenvalue weighted by Crippen LogP contribution is -2.42. The maximum atomic E-state index is 13.2. The minimum Gasteiger partial charge on any atom is -0.467 e. The minimum absolute atomic E-state index is 0.0991. The van der Waals surface area contributed by atoms with Crippen LogP contribution in [0.2, 0.25) is 0 Å². The lowest BCUT2D eigenvalue weighted by Gasteiger charge is -2.38. The molecule has 1 aromatic heterocycles. The second kappa shape index (κ2) is 7.30. The second-order valence-electron chi connectivity index (χ2n) is 8.11. The Kier molecular flexibility index (Phi) is 5.33. The number of hydrogen-bond donors (Lipinski definition) is 1. The third-order valence-electron chi connectivity index (χ3n) is 5.98. The highest BCUT2D eigenvalue weighted by Crippen LogP contribution is 2.38. The zero-order chi connectivity index (χ0) is 17.2. The first-order valence-corrected chi connectivity index (χ1v) is 9.53. The summed E-state index contributed by atoms with van der Waals surface area (Å²) in [5.74, 6) is 1.65. The first-order valence-electron chi connectivity index (χ1n) is 9.53. The number of hydrogen-bond acceptors (Lipinski definition) is 3. The van der Waals surface area contributed by atoms with Crippen LogP contribution in [0.5, 0.6) is 0 Å². The van der Waals surface area contributed by atoms with Crippen molar-refractivity contribution in [3.8, 4) is 0 Å². The molecule has 1 unspecified atom stereocenters. The number of furan rings is 1. The van der Waals surface area contributed by atoms with E-state index in [4.69, 9.17) is 4.42 Å². The monoisotopic (exact) mass is 333 g/mol. The van der Waals surface area contributed by atoms with Gasteiger partial charge in [-0.25, -0.2) is 0 Å². The molecule has 1 amide bonds. The van der Waals surface area contributed by atoms with Crippen LogP contribution in [-0.4, -0.2) is 28.1 Å². The SMILES string of the molecule is CC(C)(O)C1CCC(C(=O)N2CCCCCC2c2ccco2)CC1. The number of carbonyl (C=O) groups excluding carboxylic acids is 1. The molecule has 134 valence electrons. The van der Waals surface area contributed by atoms with Gasteiger partial charge >= 0.3 is 0 Å². The molecular formula is C20H31NO3. The Morgan fingerprint density at radius 2 is 1.92 bits per heavy atom. The zero-order valence-corrected chi connectivity index (χ0v) is 15.0. The molecule has 0 radical (unpaired) electrons. The molecule has 1 atom stereocenters. The number of nitrogens with zero attached hydrogens (tertiary/aromatic N) is 1. The molecule has 1 aliphatic heterocycles. The normalized spacial score (nSPS) is 29.3. The summed E-state index contributed by atoms with van der Waals surface area (Å²) in [6.45, 7) is 4.62. The highest BCUT2D eigenvalue weighted by atomic mass is 16.3. The van der Waals surface area contributed by atoms with Crippen molar-refractivity contribution in [3.05, 3.63) is 24.2 Å². The van der Waals surface area contributed by atoms with Crippen LogP contribution < -0.4 is 0 Å². The van der Waals surface area contributed by atoms with Crippen LogP contribution in [0.3, 0.4) is 0 Å². The van der Waals surface area contributed by atoms with Gasteiger partial charge in [-0.1, -0.05) is 12.8 Å². The average Bonchev–Trinajstić information content (AvgIpc) is 2.98. The highest BCUT2D eigenvalue weighted by molar-refractivity contribution is 5.79. The Morgan fingerprint density at radius 3 is 2.54 bits per heavy atom. The molecule has 2 heterocycles. The highest BCUT2D eigenvalue weighted by Gasteiger charge is 2.37. The van der Waals surface area contributed by atoms with Gasteiger partial charge in [0.2, 0.25) is 5.91 Å². The van der Waals surface area contributed by atoms with Gasteiger partial charge in [0.25, 0.3) is 0 Å². The topological polar surface area (TPSA) is 53.7 Å². The molecule has 1 aromatic rings. The average molecular weight is 333 g/mol. The van der Waals surface area contributed by atoms with Gasteiger partial charge in [-0.2, -0.15) is 0 Å². The van der Waals surface area contributed by atoms with E-state index in [1.165, 1.54) is 6.42 Å². The number of likely N-dealkylation sites (tertiary alicyclic amines) is 1. The fraction of sp³-hybridized carbons (Fsp3) is 0.750. The van der Waals surface area contributed by atoms with E-state index in [-0.39, 0.29) is 12.0 Å². The molecule has 4 heteroatoms. The van der Waals surface area contributed by atoms with E-state index < -0.39 is 5.60 Å². The van der Waals surface area contributed by atoms with E-state index in [9.17, 15) is 9.90 Å². The number of carbonyl (C=O) groups is 1. The molecule has 1 aliphatic carbocycles. The van der Waals surface area contributed by atoms with E-state index in [0.29, 0.717) is 11.8 Å². The fourth-order valence-corrected chi connectivity index (χ4v) is 4.43. The summed E-state index contributed by atoms with van der Waals surface area (Å²) in [4.78, 5) is 15.3. The Labute approximate surface area is 145 Å². The van der Waals surface area contributed by atoms with E-state index >= 15 is 0 Å². The van der Waals surface area contributed by atoms with E-state index in [0.717, 1.165) is 57.3 Å². The summed E-state index contributed by atoms with van der Waals surface area (Å²) >= 11 is 0. The van der Waals surface area contributed by atoms with Gasteiger partial charge in [0.1, 0.15) is 5.76 Å². The molecule has 0 bridgehead atoms. The first-order chi connectivity index (χ1) is 11.5. The van der Waals surface area contributed by atoms with Gasteiger partial charge < -0.3 is 14.4 Å². The van der Waals surface area contributed by atoms with Gasteiger partial charge in [-0.15, -0.1) is 0 Å². The Bertz CT molecular complexity index is 524. The van der Waals surface area contributed by atoms with Crippen LogP contribution >= 0.6 is 0 Å². The lowest BCUT2D eigenvalue weighted by atomic mass is 9.74. The van der Waals surface area contributed by atoms with Gasteiger partial charge in [0, 0.05) is 12.5 Å². The molecule has 4 nitrogen and oxygen atoms in total. The van der Waals surface area contributed by atoms with Crippen molar-refractivity contribution >= 4 is 5.91 Å². The summed E-state index contributed by atoms with van der Waals surface area (Å²) in [6, 6.07) is 4.01. The molecule has 24 heavy (non-hydrogen) atoms. The van der Waals surface area contributed by atoms with E-state index in [1.807, 2.05) is 26.0 Å². The van der Waals surface area contributed by atoms with E-state index in [1.54, 1.807) is 6.26 Å². The van der Waals surface area contributed by atoms with Crippen LogP contribution in [0.25, 0.3) is 0 Å². The lowest BCUT2D eigenvalue weighted by molar-refractivity contribution is -0.140. The molecule has 1 N–H and O–H groups in total. The van der Waals surface area contributed by atoms with Crippen molar-refractivity contribution in [2.45, 2.75) is 76.9 Å². The van der Waals surface area contributed by atoms with Gasteiger partial charge in [0.05, 0.1) is 17.9 Å². The van der Waals surface area contributed by atoms with Crippen molar-refractivity contribution < 1.29 is 14.3 Å². The third-order valence-corrected chi connectivity index (χ3v) is 5.98. The van der Waals surface area contributed by atoms with Crippen molar-refractivity contribution in [1.82, 2.24) is 4.90 Å². The van der Waals surface area contributed by atoms with Crippen molar-refractivity contribution in [2.75, 3.05) is 6.54 Å². The van der Waals surface area contributed by atoms with Crippen molar-refractivity contribution in [1.29, 1.82) is 0 Å². The number of amides is 1. The van der Waals surface area contributed by atoms with Gasteiger partial charge in [0.15, 0.2) is 0 Å². The molecule has 3 rings (SSSR count). The standard InChI is InChI=1S/C20H31NO3/c1-20(2,23)16-11-9-15(10-12-16)19(22)21-13-5-3-4-7-17(21)18-8-6-14-24-18/h6,8,14-17,23H,3-5,7,9-13H2,1-2H3. The molecule has 2 fully saturated rings. The third kappa shape index (κ3) is 3.85. The summed E-state index contributed by atoms with van der Waals surface area (Å²) in [6.07, 6.45) is 9.81. The Balaban J connectivity index is 1.68. The molecule has 2 aliphatic rings. The summed E-state index contributed by atoms with van der Waals surface area (Å²) in [5.41, 5.74) is -0.632. The van der Waals surface area contributed by atoms with Crippen LogP contribution in [-0.2, 0) is 4.79 Å². The summed E-state index contributed by atoms with van der Waals surface area (Å²) in [7, 11) is 0. The Morgan fingerprint density at radius 1 is 1.17 bits per heavy atom. The fourth-order valence-electron chi connectivity index (χ4n) is 4.43.